The number of hydrogen-bond acceptors (Lipinski definition) is 5. The molecule has 2 aromatic carbocycles. The van der Waals surface area contributed by atoms with Crippen LogP contribution in [-0.2, 0) is 0 Å². The number of para-hydroxylation sites is 3. The van der Waals surface area contributed by atoms with E-state index in [4.69, 9.17) is 10.5 Å². The molecule has 0 radical (unpaired) electrons. The van der Waals surface area contributed by atoms with Crippen molar-refractivity contribution in [1.29, 1.82) is 0 Å². The molecule has 1 unspecified atom stereocenters. The van der Waals surface area contributed by atoms with Gasteiger partial charge in [-0.25, -0.2) is 9.98 Å². The Morgan fingerprint density at radius 3 is 2.88 bits per heavy atom. The van der Waals surface area contributed by atoms with Crippen LogP contribution in [0, 0.1) is 0 Å². The number of aromatic nitrogens is 2. The molecule has 3 N–H and O–H groups in total. The maximum Gasteiger partial charge on any atom is 0.212 e. The number of nitrogens with zero attached hydrogens (tertiary/aromatic N) is 3. The summed E-state index contributed by atoms with van der Waals surface area (Å²) in [6, 6.07) is 15.7. The number of imidazole rings is 1. The largest absolute Gasteiger partial charge is 0.489 e. The molecule has 0 fully saturated rings. The molecule has 0 spiro atoms. The molecule has 6 nitrogen and oxygen atoms in total. The average Bonchev–Trinajstić information content (AvgIpc) is 2.97. The Morgan fingerprint density at radius 1 is 1.21 bits per heavy atom. The Balaban J connectivity index is 1.90. The summed E-state index contributed by atoms with van der Waals surface area (Å²) >= 11 is 0. The van der Waals surface area contributed by atoms with Crippen LogP contribution in [0.5, 0.6) is 5.75 Å². The van der Waals surface area contributed by atoms with Gasteiger partial charge >= 0.3 is 0 Å². The maximum atomic E-state index is 5.98. The number of fused-ring (bicyclic) bond motifs is 3. The summed E-state index contributed by atoms with van der Waals surface area (Å²) in [5, 5.41) is 3.03. The molecule has 120 valence electrons. The second-order valence-electron chi connectivity index (χ2n) is 5.44. The lowest BCUT2D eigenvalue weighted by atomic mass is 10.1. The first kappa shape index (κ1) is 14.3. The first-order valence-electron chi connectivity index (χ1n) is 7.68. The highest BCUT2D eigenvalue weighted by molar-refractivity contribution is 5.94. The normalized spacial score (nSPS) is 16.2. The number of hydrogen-bond donors (Lipinski definition) is 2. The summed E-state index contributed by atoms with van der Waals surface area (Å²) in [5.41, 5.74) is 8.78. The number of anilines is 1. The minimum Gasteiger partial charge on any atom is -0.489 e. The third-order valence-corrected chi connectivity index (χ3v) is 3.90. The van der Waals surface area contributed by atoms with Crippen LogP contribution in [0.15, 0.2) is 66.2 Å². The van der Waals surface area contributed by atoms with Gasteiger partial charge in [0.25, 0.3) is 0 Å². The summed E-state index contributed by atoms with van der Waals surface area (Å²) in [7, 11) is 0. The predicted molar refractivity (Wildman–Crippen MR) is 95.3 cm³/mol. The van der Waals surface area contributed by atoms with Crippen LogP contribution in [0.25, 0.3) is 11.0 Å². The zero-order valence-corrected chi connectivity index (χ0v) is 13.0. The predicted octanol–water partition coefficient (Wildman–Crippen LogP) is 2.89. The number of nitrogens with two attached hydrogens (primary N) is 1. The highest BCUT2D eigenvalue weighted by atomic mass is 16.5. The number of benzene rings is 2. The van der Waals surface area contributed by atoms with Crippen LogP contribution >= 0.6 is 0 Å². The van der Waals surface area contributed by atoms with Crippen LogP contribution in [0.1, 0.15) is 11.7 Å². The second-order valence-corrected chi connectivity index (χ2v) is 5.44. The van der Waals surface area contributed by atoms with Gasteiger partial charge in [-0.05, 0) is 18.2 Å². The van der Waals surface area contributed by atoms with Gasteiger partial charge in [-0.2, -0.15) is 0 Å². The van der Waals surface area contributed by atoms with Crippen molar-refractivity contribution in [3.8, 4) is 5.75 Å². The van der Waals surface area contributed by atoms with Crippen LogP contribution in [0.4, 0.5) is 5.95 Å². The Bertz CT molecular complexity index is 943. The molecular weight excluding hydrogens is 302 g/mol. The minimum absolute atomic E-state index is 0.335. The topological polar surface area (TPSA) is 77.5 Å². The Kier molecular flexibility index (Phi) is 3.42. The highest BCUT2D eigenvalue weighted by Gasteiger charge is 2.27. The van der Waals surface area contributed by atoms with Gasteiger partial charge in [-0.15, -0.1) is 0 Å². The van der Waals surface area contributed by atoms with Crippen LogP contribution in [0.2, 0.25) is 0 Å². The molecule has 2 heterocycles. The van der Waals surface area contributed by atoms with Crippen molar-refractivity contribution in [3.05, 3.63) is 66.7 Å². The molecule has 24 heavy (non-hydrogen) atoms. The van der Waals surface area contributed by atoms with E-state index < -0.39 is 0 Å². The Morgan fingerprint density at radius 2 is 2.00 bits per heavy atom. The smallest absolute Gasteiger partial charge is 0.212 e. The van der Waals surface area contributed by atoms with Gasteiger partial charge in [0.1, 0.15) is 12.4 Å². The monoisotopic (exact) mass is 319 g/mol. The van der Waals surface area contributed by atoms with Crippen LogP contribution < -0.4 is 15.8 Å². The summed E-state index contributed by atoms with van der Waals surface area (Å²) in [4.78, 5) is 9.19. The molecule has 6 heteroatoms. The van der Waals surface area contributed by atoms with E-state index in [0.29, 0.717) is 18.5 Å². The molecule has 4 rings (SSSR count). The van der Waals surface area contributed by atoms with Crippen molar-refractivity contribution >= 4 is 22.9 Å². The molecule has 1 atom stereocenters. The second kappa shape index (κ2) is 5.73. The van der Waals surface area contributed by atoms with E-state index in [2.05, 4.69) is 21.9 Å². The average molecular weight is 319 g/mol. The van der Waals surface area contributed by atoms with Crippen molar-refractivity contribution in [2.24, 2.45) is 10.7 Å². The van der Waals surface area contributed by atoms with Gasteiger partial charge in [0.15, 0.2) is 12.1 Å². The third-order valence-electron chi connectivity index (χ3n) is 3.90. The van der Waals surface area contributed by atoms with E-state index in [1.807, 2.05) is 53.1 Å². The van der Waals surface area contributed by atoms with E-state index in [-0.39, 0.29) is 6.17 Å². The molecular formula is C18H17N5O. The van der Waals surface area contributed by atoms with E-state index in [1.165, 1.54) is 0 Å². The minimum atomic E-state index is -0.338. The first-order chi connectivity index (χ1) is 11.8. The molecule has 0 amide bonds. The van der Waals surface area contributed by atoms with E-state index in [9.17, 15) is 0 Å². The van der Waals surface area contributed by atoms with Gasteiger partial charge in [0.2, 0.25) is 5.95 Å². The standard InChI is InChI=1S/C18H17N5O/c1-2-11-24-15-10-6-3-7-12(15)16-21-17(19)22-18-20-13-8-4-5-9-14(13)23(16)18/h2-10,16H,1,11H2,(H3,19,20,21,22). The fraction of sp³-hybridized carbons (Fsp3) is 0.111. The summed E-state index contributed by atoms with van der Waals surface area (Å²) in [6.07, 6.45) is 1.38. The summed E-state index contributed by atoms with van der Waals surface area (Å²) in [6.45, 7) is 4.13. The molecule has 0 aliphatic carbocycles. The molecule has 3 aromatic rings. The van der Waals surface area contributed by atoms with Crippen LogP contribution in [-0.4, -0.2) is 22.1 Å². The molecule has 1 aliphatic rings. The Labute approximate surface area is 139 Å². The van der Waals surface area contributed by atoms with Crippen molar-refractivity contribution in [2.45, 2.75) is 6.17 Å². The summed E-state index contributed by atoms with van der Waals surface area (Å²) in [5.74, 6) is 1.76. The molecule has 0 saturated heterocycles. The van der Waals surface area contributed by atoms with Crippen molar-refractivity contribution in [2.75, 3.05) is 11.9 Å². The van der Waals surface area contributed by atoms with Gasteiger partial charge in [-0.3, -0.25) is 9.88 Å². The van der Waals surface area contributed by atoms with Crippen LogP contribution in [0.3, 0.4) is 0 Å². The molecule has 0 bridgehead atoms. The Hall–Kier alpha value is -3.28. The summed E-state index contributed by atoms with van der Waals surface area (Å²) < 4.78 is 7.83. The number of rotatable bonds is 4. The zero-order chi connectivity index (χ0) is 16.5. The lowest BCUT2D eigenvalue weighted by Crippen LogP contribution is -2.31. The number of guanidine groups is 1. The number of ether oxygens (including phenoxy) is 1. The van der Waals surface area contributed by atoms with Crippen molar-refractivity contribution < 1.29 is 4.74 Å². The fourth-order valence-electron chi connectivity index (χ4n) is 2.90. The van der Waals surface area contributed by atoms with E-state index in [1.54, 1.807) is 6.08 Å². The quantitative estimate of drug-likeness (QED) is 0.725. The van der Waals surface area contributed by atoms with Gasteiger partial charge in [0.05, 0.1) is 11.0 Å². The number of nitrogens with one attached hydrogen (secondary N) is 1. The molecule has 1 aromatic heterocycles. The third kappa shape index (κ3) is 2.28. The SMILES string of the molecule is C=CCOc1ccccc1C1N=C(N)Nc2nc3ccccc3n21. The lowest BCUT2D eigenvalue weighted by Gasteiger charge is -2.25. The molecule has 1 aliphatic heterocycles. The van der Waals surface area contributed by atoms with Gasteiger partial charge < -0.3 is 10.5 Å². The van der Waals surface area contributed by atoms with E-state index >= 15 is 0 Å². The maximum absolute atomic E-state index is 5.98. The molecule has 0 saturated carbocycles. The number of aliphatic imine (C=N–C) groups is 1. The highest BCUT2D eigenvalue weighted by Crippen LogP contribution is 2.36. The fourth-order valence-corrected chi connectivity index (χ4v) is 2.90. The van der Waals surface area contributed by atoms with Gasteiger partial charge in [0, 0.05) is 5.56 Å². The lowest BCUT2D eigenvalue weighted by molar-refractivity contribution is 0.354. The van der Waals surface area contributed by atoms with Gasteiger partial charge in [-0.1, -0.05) is 43.0 Å². The van der Waals surface area contributed by atoms with Crippen molar-refractivity contribution in [3.63, 3.8) is 0 Å². The zero-order valence-electron chi connectivity index (χ0n) is 13.0. The van der Waals surface area contributed by atoms with Crippen molar-refractivity contribution in [1.82, 2.24) is 9.55 Å². The van der Waals surface area contributed by atoms with E-state index in [0.717, 1.165) is 22.3 Å². The first-order valence-corrected chi connectivity index (χ1v) is 7.68.